The van der Waals surface area contributed by atoms with Crippen LogP contribution in [0.4, 0.5) is 0 Å². The summed E-state index contributed by atoms with van der Waals surface area (Å²) in [5.41, 5.74) is 0. The molecule has 0 spiro atoms. The number of piperidine rings is 1. The maximum atomic E-state index is 12.4. The van der Waals surface area contributed by atoms with Gasteiger partial charge in [-0.15, -0.1) is 11.3 Å². The van der Waals surface area contributed by atoms with Crippen LogP contribution in [-0.2, 0) is 4.74 Å². The highest BCUT2D eigenvalue weighted by Gasteiger charge is 2.22. The Hall–Kier alpha value is -1.50. The minimum atomic E-state index is 0.0276. The number of nitrogens with zero attached hydrogens (tertiary/aromatic N) is 2. The van der Waals surface area contributed by atoms with Gasteiger partial charge in [0.1, 0.15) is 0 Å². The highest BCUT2D eigenvalue weighted by molar-refractivity contribution is 7.20. The predicted molar refractivity (Wildman–Crippen MR) is 88.4 cm³/mol. The first kappa shape index (κ1) is 15.4. The minimum absolute atomic E-state index is 0.0276. The summed E-state index contributed by atoms with van der Waals surface area (Å²) < 4.78 is 6.18. The van der Waals surface area contributed by atoms with Crippen molar-refractivity contribution in [3.63, 3.8) is 0 Å². The van der Waals surface area contributed by atoms with Crippen LogP contribution >= 0.6 is 11.3 Å². The Morgan fingerprint density at radius 1 is 1.59 bits per heavy atom. The van der Waals surface area contributed by atoms with Crippen molar-refractivity contribution in [3.05, 3.63) is 29.4 Å². The van der Waals surface area contributed by atoms with Gasteiger partial charge in [0.15, 0.2) is 0 Å². The summed E-state index contributed by atoms with van der Waals surface area (Å²) >= 11 is 1.50. The molecule has 1 unspecified atom stereocenters. The van der Waals surface area contributed by atoms with Gasteiger partial charge in [-0.2, -0.15) is 0 Å². The molecule has 1 N–H and O–H groups in total. The SMILES string of the molecule is COCCN1CCCC(NC(=O)c2cc3ccncc3s2)C1. The lowest BCUT2D eigenvalue weighted by atomic mass is 10.1. The molecular weight excluding hydrogens is 298 g/mol. The Bertz CT molecular complexity index is 610. The van der Waals surface area contributed by atoms with Crippen molar-refractivity contribution in [3.8, 4) is 0 Å². The van der Waals surface area contributed by atoms with E-state index in [0.29, 0.717) is 0 Å². The van der Waals surface area contributed by atoms with Crippen LogP contribution in [0.3, 0.4) is 0 Å². The molecule has 1 aliphatic heterocycles. The van der Waals surface area contributed by atoms with Crippen molar-refractivity contribution < 1.29 is 9.53 Å². The Balaban J connectivity index is 1.61. The lowest BCUT2D eigenvalue weighted by molar-refractivity contribution is 0.0882. The first-order valence-corrected chi connectivity index (χ1v) is 8.43. The second-order valence-corrected chi connectivity index (χ2v) is 6.71. The van der Waals surface area contributed by atoms with Gasteiger partial charge in [0, 0.05) is 38.6 Å². The smallest absolute Gasteiger partial charge is 0.261 e. The third kappa shape index (κ3) is 3.63. The number of aromatic nitrogens is 1. The second-order valence-electron chi connectivity index (χ2n) is 5.63. The first-order chi connectivity index (χ1) is 10.8. The van der Waals surface area contributed by atoms with Crippen molar-refractivity contribution in [1.82, 2.24) is 15.2 Å². The topological polar surface area (TPSA) is 54.5 Å². The van der Waals surface area contributed by atoms with Crippen LogP contribution in [0.2, 0.25) is 0 Å². The molecule has 1 saturated heterocycles. The molecule has 1 fully saturated rings. The maximum Gasteiger partial charge on any atom is 0.261 e. The van der Waals surface area contributed by atoms with E-state index in [0.717, 1.165) is 54.0 Å². The van der Waals surface area contributed by atoms with Crippen molar-refractivity contribution in [2.75, 3.05) is 33.4 Å². The molecular formula is C16H21N3O2S. The number of ether oxygens (including phenoxy) is 1. The van der Waals surface area contributed by atoms with Crippen LogP contribution in [0.15, 0.2) is 24.5 Å². The molecule has 6 heteroatoms. The number of hydrogen-bond donors (Lipinski definition) is 1. The van der Waals surface area contributed by atoms with E-state index in [9.17, 15) is 4.79 Å². The van der Waals surface area contributed by atoms with Gasteiger partial charge in [-0.3, -0.25) is 14.7 Å². The number of pyridine rings is 1. The van der Waals surface area contributed by atoms with Crippen molar-refractivity contribution in [2.24, 2.45) is 0 Å². The molecule has 22 heavy (non-hydrogen) atoms. The fraction of sp³-hybridized carbons (Fsp3) is 0.500. The van der Waals surface area contributed by atoms with E-state index in [2.05, 4.69) is 15.2 Å². The van der Waals surface area contributed by atoms with Crippen LogP contribution < -0.4 is 5.32 Å². The molecule has 3 rings (SSSR count). The second kappa shape index (κ2) is 7.17. The maximum absolute atomic E-state index is 12.4. The van der Waals surface area contributed by atoms with E-state index >= 15 is 0 Å². The molecule has 0 aliphatic carbocycles. The number of rotatable bonds is 5. The van der Waals surface area contributed by atoms with Gasteiger partial charge >= 0.3 is 0 Å². The lowest BCUT2D eigenvalue weighted by Gasteiger charge is -2.32. The molecule has 5 nitrogen and oxygen atoms in total. The number of thiophene rings is 1. The number of hydrogen-bond acceptors (Lipinski definition) is 5. The molecule has 1 atom stereocenters. The van der Waals surface area contributed by atoms with Gasteiger partial charge in [0.2, 0.25) is 0 Å². The van der Waals surface area contributed by atoms with E-state index in [1.54, 1.807) is 13.3 Å². The highest BCUT2D eigenvalue weighted by atomic mass is 32.1. The highest BCUT2D eigenvalue weighted by Crippen LogP contribution is 2.24. The van der Waals surface area contributed by atoms with Crippen molar-refractivity contribution in [1.29, 1.82) is 0 Å². The lowest BCUT2D eigenvalue weighted by Crippen LogP contribution is -2.48. The van der Waals surface area contributed by atoms with E-state index in [-0.39, 0.29) is 11.9 Å². The molecule has 118 valence electrons. The summed E-state index contributed by atoms with van der Waals surface area (Å²) in [6, 6.07) is 4.11. The average molecular weight is 319 g/mol. The Morgan fingerprint density at radius 2 is 2.50 bits per heavy atom. The molecule has 2 aromatic rings. The zero-order valence-electron chi connectivity index (χ0n) is 12.7. The minimum Gasteiger partial charge on any atom is -0.383 e. The van der Waals surface area contributed by atoms with Gasteiger partial charge in [-0.05, 0) is 36.9 Å². The quantitative estimate of drug-likeness (QED) is 0.917. The monoisotopic (exact) mass is 319 g/mol. The van der Waals surface area contributed by atoms with Gasteiger partial charge in [-0.1, -0.05) is 0 Å². The number of nitrogens with one attached hydrogen (secondary N) is 1. The Morgan fingerprint density at radius 3 is 3.32 bits per heavy atom. The molecule has 2 aromatic heterocycles. The van der Waals surface area contributed by atoms with Crippen molar-refractivity contribution >= 4 is 27.3 Å². The molecule has 1 aliphatic rings. The fourth-order valence-corrected chi connectivity index (χ4v) is 3.78. The molecule has 0 aromatic carbocycles. The number of carbonyl (C=O) groups is 1. The van der Waals surface area contributed by atoms with E-state index in [1.807, 2.05) is 18.3 Å². The number of fused-ring (bicyclic) bond motifs is 1. The van der Waals surface area contributed by atoms with Gasteiger partial charge in [0.25, 0.3) is 5.91 Å². The van der Waals surface area contributed by atoms with Gasteiger partial charge < -0.3 is 10.1 Å². The van der Waals surface area contributed by atoms with Crippen LogP contribution in [-0.4, -0.2) is 55.2 Å². The zero-order chi connectivity index (χ0) is 15.4. The number of methoxy groups -OCH3 is 1. The number of likely N-dealkylation sites (tertiary alicyclic amines) is 1. The summed E-state index contributed by atoms with van der Waals surface area (Å²) in [6.45, 7) is 3.66. The fourth-order valence-electron chi connectivity index (χ4n) is 2.85. The molecule has 0 bridgehead atoms. The summed E-state index contributed by atoms with van der Waals surface area (Å²) in [5, 5.41) is 4.25. The summed E-state index contributed by atoms with van der Waals surface area (Å²) in [5.74, 6) is 0.0276. The summed E-state index contributed by atoms with van der Waals surface area (Å²) in [7, 11) is 1.72. The van der Waals surface area contributed by atoms with Crippen LogP contribution in [0, 0.1) is 0 Å². The summed E-state index contributed by atoms with van der Waals surface area (Å²) in [4.78, 5) is 19.7. The molecule has 1 amide bonds. The normalized spacial score (nSPS) is 19.4. The first-order valence-electron chi connectivity index (χ1n) is 7.62. The van der Waals surface area contributed by atoms with E-state index in [4.69, 9.17) is 4.74 Å². The third-order valence-electron chi connectivity index (χ3n) is 4.00. The van der Waals surface area contributed by atoms with Gasteiger partial charge in [0.05, 0.1) is 16.2 Å². The van der Waals surface area contributed by atoms with Crippen LogP contribution in [0.25, 0.3) is 10.1 Å². The number of amides is 1. The number of carbonyl (C=O) groups excluding carboxylic acids is 1. The zero-order valence-corrected chi connectivity index (χ0v) is 13.6. The van der Waals surface area contributed by atoms with E-state index in [1.165, 1.54) is 11.3 Å². The van der Waals surface area contributed by atoms with Crippen molar-refractivity contribution in [2.45, 2.75) is 18.9 Å². The average Bonchev–Trinajstić information content (AvgIpc) is 2.97. The standard InChI is InChI=1S/C16H21N3O2S/c1-21-8-7-19-6-2-3-13(11-19)18-16(20)14-9-12-4-5-17-10-15(12)22-14/h4-5,9-10,13H,2-3,6-8,11H2,1H3,(H,18,20). The largest absolute Gasteiger partial charge is 0.383 e. The van der Waals surface area contributed by atoms with Crippen LogP contribution in [0.5, 0.6) is 0 Å². The molecule has 0 radical (unpaired) electrons. The predicted octanol–water partition coefficient (Wildman–Crippen LogP) is 2.14. The Labute approximate surface area is 134 Å². The Kier molecular flexibility index (Phi) is 5.02. The summed E-state index contributed by atoms with van der Waals surface area (Å²) in [6.07, 6.45) is 5.72. The third-order valence-corrected chi connectivity index (χ3v) is 5.08. The van der Waals surface area contributed by atoms with Crippen LogP contribution in [0.1, 0.15) is 22.5 Å². The molecule has 0 saturated carbocycles. The van der Waals surface area contributed by atoms with E-state index < -0.39 is 0 Å². The molecule has 3 heterocycles. The van der Waals surface area contributed by atoms with Gasteiger partial charge in [-0.25, -0.2) is 0 Å².